The van der Waals surface area contributed by atoms with E-state index in [1.165, 1.54) is 0 Å². The van der Waals surface area contributed by atoms with Gasteiger partial charge in [0.2, 0.25) is 0 Å². The average Bonchev–Trinajstić information content (AvgIpc) is 3.47. The summed E-state index contributed by atoms with van der Waals surface area (Å²) in [6.45, 7) is 2.81. The number of tetrazole rings is 1. The van der Waals surface area contributed by atoms with Crippen LogP contribution in [0.15, 0.2) is 54.6 Å². The number of hydrogen-bond acceptors (Lipinski definition) is 5. The standard InChI is InChI=1S/C21H24N6O/c1-15(26(2)14-20-23-24-25-27(20)19-11-12-19)17-9-6-10-18(13-17)22-21(28)16-7-4-3-5-8-16/h3-10,13,15,19H,11-12,14H2,1-2H3,(H,22,28)/t15-/m0/s1. The van der Waals surface area contributed by atoms with Gasteiger partial charge in [-0.2, -0.15) is 0 Å². The highest BCUT2D eigenvalue weighted by molar-refractivity contribution is 6.04. The Balaban J connectivity index is 1.44. The van der Waals surface area contributed by atoms with Gasteiger partial charge in [-0.1, -0.05) is 30.3 Å². The van der Waals surface area contributed by atoms with Crippen LogP contribution in [0.4, 0.5) is 5.69 Å². The number of nitrogens with one attached hydrogen (secondary N) is 1. The quantitative estimate of drug-likeness (QED) is 0.683. The lowest BCUT2D eigenvalue weighted by Gasteiger charge is -2.25. The van der Waals surface area contributed by atoms with E-state index in [-0.39, 0.29) is 11.9 Å². The molecule has 1 aromatic heterocycles. The van der Waals surface area contributed by atoms with Gasteiger partial charge in [0, 0.05) is 17.3 Å². The molecule has 28 heavy (non-hydrogen) atoms. The van der Waals surface area contributed by atoms with Crippen molar-refractivity contribution in [2.24, 2.45) is 0 Å². The number of carbonyl (C=O) groups excluding carboxylic acids is 1. The summed E-state index contributed by atoms with van der Waals surface area (Å²) in [7, 11) is 2.06. The zero-order valence-corrected chi connectivity index (χ0v) is 16.1. The SMILES string of the molecule is C[C@@H](c1cccc(NC(=O)c2ccccc2)c1)N(C)Cc1nnnn1C1CC1. The van der Waals surface area contributed by atoms with E-state index in [1.807, 2.05) is 41.1 Å². The van der Waals surface area contributed by atoms with Gasteiger partial charge in [0.15, 0.2) is 5.82 Å². The lowest BCUT2D eigenvalue weighted by Crippen LogP contribution is -2.24. The van der Waals surface area contributed by atoms with Crippen molar-refractivity contribution in [1.82, 2.24) is 25.1 Å². The van der Waals surface area contributed by atoms with Crippen LogP contribution in [0.1, 0.15) is 53.6 Å². The largest absolute Gasteiger partial charge is 0.322 e. The van der Waals surface area contributed by atoms with Crippen LogP contribution in [0, 0.1) is 0 Å². The molecule has 4 rings (SSSR count). The predicted octanol–water partition coefficient (Wildman–Crippen LogP) is 3.45. The first-order valence-electron chi connectivity index (χ1n) is 9.55. The van der Waals surface area contributed by atoms with Gasteiger partial charge in [-0.3, -0.25) is 9.69 Å². The Morgan fingerprint density at radius 3 is 2.75 bits per heavy atom. The molecule has 0 bridgehead atoms. The van der Waals surface area contributed by atoms with E-state index in [0.717, 1.165) is 29.9 Å². The maximum absolute atomic E-state index is 12.4. The summed E-state index contributed by atoms with van der Waals surface area (Å²) in [4.78, 5) is 14.6. The number of benzene rings is 2. The highest BCUT2D eigenvalue weighted by Gasteiger charge is 2.28. The Morgan fingerprint density at radius 1 is 1.21 bits per heavy atom. The topological polar surface area (TPSA) is 75.9 Å². The van der Waals surface area contributed by atoms with E-state index >= 15 is 0 Å². The second kappa shape index (κ2) is 7.90. The summed E-state index contributed by atoms with van der Waals surface area (Å²) >= 11 is 0. The van der Waals surface area contributed by atoms with Crippen LogP contribution in [-0.4, -0.2) is 38.1 Å². The molecule has 0 unspecified atom stereocenters. The van der Waals surface area contributed by atoms with Crippen molar-refractivity contribution in [3.05, 3.63) is 71.5 Å². The zero-order valence-electron chi connectivity index (χ0n) is 16.1. The van der Waals surface area contributed by atoms with Gasteiger partial charge in [0.25, 0.3) is 5.91 Å². The third-order valence-electron chi connectivity index (χ3n) is 5.17. The van der Waals surface area contributed by atoms with Gasteiger partial charge in [0.1, 0.15) is 0 Å². The average molecular weight is 376 g/mol. The van der Waals surface area contributed by atoms with Crippen molar-refractivity contribution >= 4 is 11.6 Å². The third kappa shape index (κ3) is 4.09. The van der Waals surface area contributed by atoms with Crippen molar-refractivity contribution in [2.75, 3.05) is 12.4 Å². The van der Waals surface area contributed by atoms with Crippen LogP contribution in [0.2, 0.25) is 0 Å². The number of carbonyl (C=O) groups is 1. The fraction of sp³-hybridized carbons (Fsp3) is 0.333. The molecule has 7 heteroatoms. The van der Waals surface area contributed by atoms with Crippen LogP contribution in [-0.2, 0) is 6.54 Å². The molecule has 3 aromatic rings. The first-order valence-corrected chi connectivity index (χ1v) is 9.55. The fourth-order valence-corrected chi connectivity index (χ4v) is 3.20. The second-order valence-corrected chi connectivity index (χ2v) is 7.31. The van der Waals surface area contributed by atoms with Crippen molar-refractivity contribution in [2.45, 2.75) is 38.4 Å². The molecule has 7 nitrogen and oxygen atoms in total. The van der Waals surface area contributed by atoms with E-state index < -0.39 is 0 Å². The molecule has 1 saturated carbocycles. The van der Waals surface area contributed by atoms with Gasteiger partial charge in [-0.25, -0.2) is 4.68 Å². The second-order valence-electron chi connectivity index (χ2n) is 7.31. The molecule has 1 fully saturated rings. The Kier molecular flexibility index (Phi) is 5.16. The maximum Gasteiger partial charge on any atom is 0.255 e. The van der Waals surface area contributed by atoms with Gasteiger partial charge in [0.05, 0.1) is 12.6 Å². The molecule has 1 amide bonds. The highest BCUT2D eigenvalue weighted by Crippen LogP contribution is 2.34. The van der Waals surface area contributed by atoms with Crippen molar-refractivity contribution in [1.29, 1.82) is 0 Å². The van der Waals surface area contributed by atoms with Gasteiger partial charge in [-0.05, 0) is 67.1 Å². The normalized spacial score (nSPS) is 14.8. The molecule has 1 heterocycles. The number of anilines is 1. The molecule has 0 aliphatic heterocycles. The summed E-state index contributed by atoms with van der Waals surface area (Å²) in [5, 5.41) is 15.1. The fourth-order valence-electron chi connectivity index (χ4n) is 3.20. The lowest BCUT2D eigenvalue weighted by molar-refractivity contribution is 0.102. The summed E-state index contributed by atoms with van der Waals surface area (Å²) in [5.41, 5.74) is 2.55. The van der Waals surface area contributed by atoms with Crippen LogP contribution in [0.5, 0.6) is 0 Å². The van der Waals surface area contributed by atoms with Gasteiger partial charge < -0.3 is 5.32 Å². The summed E-state index contributed by atoms with van der Waals surface area (Å²) in [6, 6.07) is 17.8. The summed E-state index contributed by atoms with van der Waals surface area (Å²) in [6.07, 6.45) is 2.31. The van der Waals surface area contributed by atoms with E-state index in [0.29, 0.717) is 18.2 Å². The van der Waals surface area contributed by atoms with E-state index in [1.54, 1.807) is 12.1 Å². The molecule has 1 atom stereocenters. The molecule has 1 aliphatic carbocycles. The van der Waals surface area contributed by atoms with Gasteiger partial charge >= 0.3 is 0 Å². The van der Waals surface area contributed by atoms with E-state index in [9.17, 15) is 4.79 Å². The van der Waals surface area contributed by atoms with Crippen molar-refractivity contribution in [3.8, 4) is 0 Å². The van der Waals surface area contributed by atoms with Crippen LogP contribution >= 0.6 is 0 Å². The van der Waals surface area contributed by atoms with Gasteiger partial charge in [-0.15, -0.1) is 5.10 Å². The lowest BCUT2D eigenvalue weighted by atomic mass is 10.1. The summed E-state index contributed by atoms with van der Waals surface area (Å²) < 4.78 is 1.94. The number of amides is 1. The zero-order chi connectivity index (χ0) is 19.5. The molecule has 144 valence electrons. The maximum atomic E-state index is 12.4. The first kappa shape index (κ1) is 18.3. The highest BCUT2D eigenvalue weighted by atomic mass is 16.1. The Hall–Kier alpha value is -3.06. The molecule has 0 radical (unpaired) electrons. The molecule has 2 aromatic carbocycles. The monoisotopic (exact) mass is 376 g/mol. The predicted molar refractivity (Wildman–Crippen MR) is 107 cm³/mol. The van der Waals surface area contributed by atoms with E-state index in [4.69, 9.17) is 0 Å². The number of hydrogen-bond donors (Lipinski definition) is 1. The van der Waals surface area contributed by atoms with Crippen molar-refractivity contribution < 1.29 is 4.79 Å². The smallest absolute Gasteiger partial charge is 0.255 e. The Labute approximate surface area is 164 Å². The Bertz CT molecular complexity index is 950. The third-order valence-corrected chi connectivity index (χ3v) is 5.17. The minimum Gasteiger partial charge on any atom is -0.322 e. The molecule has 0 spiro atoms. The molecule has 1 aliphatic rings. The number of nitrogens with zero attached hydrogens (tertiary/aromatic N) is 5. The molecule has 1 N–H and O–H groups in total. The number of aromatic nitrogens is 4. The van der Waals surface area contributed by atoms with Crippen LogP contribution in [0.25, 0.3) is 0 Å². The molecular formula is C21H24N6O. The molecular weight excluding hydrogens is 352 g/mol. The minimum absolute atomic E-state index is 0.109. The van der Waals surface area contributed by atoms with Crippen LogP contribution in [0.3, 0.4) is 0 Å². The molecule has 0 saturated heterocycles. The Morgan fingerprint density at radius 2 is 2.00 bits per heavy atom. The van der Waals surface area contributed by atoms with E-state index in [2.05, 4.69) is 45.8 Å². The first-order chi connectivity index (χ1) is 13.6. The summed E-state index contributed by atoms with van der Waals surface area (Å²) in [5.74, 6) is 0.785. The minimum atomic E-state index is -0.109. The van der Waals surface area contributed by atoms with Crippen molar-refractivity contribution in [3.63, 3.8) is 0 Å². The van der Waals surface area contributed by atoms with Crippen LogP contribution < -0.4 is 5.32 Å². The number of rotatable bonds is 7.